The van der Waals surface area contributed by atoms with Crippen LogP contribution in [-0.4, -0.2) is 47.5 Å². The molecular weight excluding hydrogens is 484 g/mol. The Kier molecular flexibility index (Phi) is 7.97. The van der Waals surface area contributed by atoms with E-state index in [9.17, 15) is 9.59 Å². The van der Waals surface area contributed by atoms with E-state index in [1.807, 2.05) is 35.9 Å². The molecule has 0 bridgehead atoms. The molecule has 37 heavy (non-hydrogen) atoms. The maximum absolute atomic E-state index is 13.6. The van der Waals surface area contributed by atoms with Crippen LogP contribution in [0.25, 0.3) is 5.69 Å². The van der Waals surface area contributed by atoms with E-state index in [4.69, 9.17) is 9.84 Å². The van der Waals surface area contributed by atoms with Gasteiger partial charge in [0.2, 0.25) is 11.8 Å². The predicted molar refractivity (Wildman–Crippen MR) is 150 cm³/mol. The Labute approximate surface area is 223 Å². The van der Waals surface area contributed by atoms with Crippen molar-refractivity contribution < 1.29 is 14.3 Å². The van der Waals surface area contributed by atoms with Gasteiger partial charge < -0.3 is 10.1 Å². The van der Waals surface area contributed by atoms with Gasteiger partial charge >= 0.3 is 0 Å². The second-order valence-electron chi connectivity index (χ2n) is 10.4. The third-order valence-electron chi connectivity index (χ3n) is 6.34. The van der Waals surface area contributed by atoms with Crippen LogP contribution in [-0.2, 0) is 15.0 Å². The first-order valence-electron chi connectivity index (χ1n) is 12.7. The molecule has 1 aliphatic rings. The Morgan fingerprint density at radius 3 is 2.54 bits per heavy atom. The van der Waals surface area contributed by atoms with Crippen molar-refractivity contribution in [1.29, 1.82) is 0 Å². The molecule has 0 spiro atoms. The van der Waals surface area contributed by atoms with Crippen molar-refractivity contribution in [1.82, 2.24) is 15.1 Å². The third-order valence-corrected chi connectivity index (χ3v) is 7.59. The van der Waals surface area contributed by atoms with Crippen LogP contribution in [0.4, 0.5) is 5.82 Å². The van der Waals surface area contributed by atoms with Crippen LogP contribution >= 0.6 is 11.8 Å². The van der Waals surface area contributed by atoms with Crippen LogP contribution in [0.1, 0.15) is 61.7 Å². The van der Waals surface area contributed by atoms with Gasteiger partial charge in [0.1, 0.15) is 18.1 Å². The number of thioether (sulfide) groups is 1. The van der Waals surface area contributed by atoms with E-state index in [2.05, 4.69) is 57.3 Å². The summed E-state index contributed by atoms with van der Waals surface area (Å²) in [5.74, 6) is 1.37. The van der Waals surface area contributed by atoms with Crippen LogP contribution in [0.5, 0.6) is 5.75 Å². The van der Waals surface area contributed by atoms with E-state index in [0.29, 0.717) is 12.4 Å². The lowest BCUT2D eigenvalue weighted by Crippen LogP contribution is -2.42. The number of methoxy groups -OCH3 is 1. The van der Waals surface area contributed by atoms with Crippen molar-refractivity contribution in [3.05, 3.63) is 70.9 Å². The Morgan fingerprint density at radius 1 is 1.19 bits per heavy atom. The zero-order valence-corrected chi connectivity index (χ0v) is 23.3. The molecule has 0 fully saturated rings. The average Bonchev–Trinajstić information content (AvgIpc) is 3.20. The van der Waals surface area contributed by atoms with Gasteiger partial charge in [-0.2, -0.15) is 5.10 Å². The number of carbonyl (C=O) groups is 2. The fraction of sp³-hybridized carbons (Fsp3) is 0.414. The molecule has 1 N–H and O–H groups in total. The number of fused-ring (bicyclic) bond motifs is 1. The summed E-state index contributed by atoms with van der Waals surface area (Å²) in [6.45, 7) is 11.0. The smallest absolute Gasteiger partial charge is 0.240 e. The highest BCUT2D eigenvalue weighted by Crippen LogP contribution is 2.48. The summed E-state index contributed by atoms with van der Waals surface area (Å²) in [6, 6.07) is 16.0. The van der Waals surface area contributed by atoms with Gasteiger partial charge in [-0.05, 0) is 43.2 Å². The highest BCUT2D eigenvalue weighted by Gasteiger charge is 2.39. The molecule has 0 saturated carbocycles. The fourth-order valence-corrected chi connectivity index (χ4v) is 5.72. The average molecular weight is 521 g/mol. The largest absolute Gasteiger partial charge is 0.497 e. The van der Waals surface area contributed by atoms with Crippen molar-refractivity contribution >= 4 is 29.4 Å². The number of aromatic nitrogens is 2. The van der Waals surface area contributed by atoms with Gasteiger partial charge in [0, 0.05) is 17.5 Å². The van der Waals surface area contributed by atoms with Gasteiger partial charge in [0.25, 0.3) is 0 Å². The molecule has 2 amide bonds. The van der Waals surface area contributed by atoms with Crippen LogP contribution in [0.2, 0.25) is 0 Å². The van der Waals surface area contributed by atoms with Gasteiger partial charge in [-0.1, -0.05) is 57.5 Å². The summed E-state index contributed by atoms with van der Waals surface area (Å²) < 4.78 is 7.19. The lowest BCUT2D eigenvalue weighted by molar-refractivity contribution is -0.122. The van der Waals surface area contributed by atoms with Gasteiger partial charge in [0.15, 0.2) is 0 Å². The fourth-order valence-electron chi connectivity index (χ4n) is 4.54. The van der Waals surface area contributed by atoms with Crippen LogP contribution in [0, 0.1) is 6.92 Å². The maximum atomic E-state index is 13.6. The first-order chi connectivity index (χ1) is 17.6. The number of hydrogen-bond donors (Lipinski definition) is 1. The molecule has 4 rings (SSSR count). The molecule has 0 unspecified atom stereocenters. The molecule has 0 saturated heterocycles. The number of nitrogens with zero attached hydrogens (tertiary/aromatic N) is 3. The molecule has 7 nitrogen and oxygen atoms in total. The normalized spacial score (nSPS) is 15.8. The Balaban J connectivity index is 1.98. The van der Waals surface area contributed by atoms with E-state index in [1.165, 1.54) is 0 Å². The van der Waals surface area contributed by atoms with Crippen LogP contribution < -0.4 is 15.0 Å². The van der Waals surface area contributed by atoms with Gasteiger partial charge in [-0.25, -0.2) is 4.68 Å². The van der Waals surface area contributed by atoms with E-state index in [1.54, 1.807) is 23.8 Å². The summed E-state index contributed by atoms with van der Waals surface area (Å²) >= 11 is 1.59. The number of benzene rings is 2. The lowest BCUT2D eigenvalue weighted by atomic mass is 9.87. The monoisotopic (exact) mass is 520 g/mol. The molecule has 1 aliphatic heterocycles. The molecule has 1 atom stereocenters. The molecule has 3 aromatic rings. The topological polar surface area (TPSA) is 76.5 Å². The van der Waals surface area contributed by atoms with Gasteiger partial charge in [-0.15, -0.1) is 11.8 Å². The molecule has 2 heterocycles. The van der Waals surface area contributed by atoms with Crippen molar-refractivity contribution in [2.24, 2.45) is 0 Å². The zero-order chi connectivity index (χ0) is 26.7. The van der Waals surface area contributed by atoms with E-state index < -0.39 is 0 Å². The number of ether oxygens (including phenoxy) is 1. The lowest BCUT2D eigenvalue weighted by Gasteiger charge is -2.24. The number of rotatable bonds is 7. The van der Waals surface area contributed by atoms with Gasteiger partial charge in [-0.3, -0.25) is 14.5 Å². The predicted octanol–water partition coefficient (Wildman–Crippen LogP) is 5.18. The summed E-state index contributed by atoms with van der Waals surface area (Å²) in [5.41, 5.74) is 4.67. The van der Waals surface area contributed by atoms with Crippen molar-refractivity contribution in [2.75, 3.05) is 30.9 Å². The van der Waals surface area contributed by atoms with E-state index >= 15 is 0 Å². The first kappa shape index (κ1) is 26.8. The number of amides is 2. The minimum atomic E-state index is -0.298. The van der Waals surface area contributed by atoms with Crippen molar-refractivity contribution in [2.45, 2.75) is 51.7 Å². The number of nitrogens with one attached hydrogen (secondary N) is 1. The molecule has 2 aromatic carbocycles. The third kappa shape index (κ3) is 5.69. The molecule has 0 aliphatic carbocycles. The molecule has 0 radical (unpaired) electrons. The summed E-state index contributed by atoms with van der Waals surface area (Å²) in [7, 11) is 1.63. The minimum Gasteiger partial charge on any atom is -0.497 e. The van der Waals surface area contributed by atoms with E-state index in [0.717, 1.165) is 40.2 Å². The number of carbonyl (C=O) groups excluding carboxylic acids is 2. The van der Waals surface area contributed by atoms with E-state index in [-0.39, 0.29) is 34.8 Å². The van der Waals surface area contributed by atoms with Crippen LogP contribution in [0.3, 0.4) is 0 Å². The standard InChI is InChI=1S/C29H36N4O3S/c1-7-15-30-23(34)17-32-24(35)18-37-26(20-10-8-9-19(2)16-20)25-27(29(3,4)5)31-33(28(25)32)21-11-13-22(36-6)14-12-21/h8-14,16,26H,7,15,17-18H2,1-6H3,(H,30,34)/t26-/m1/s1. The Bertz CT molecular complexity index is 1280. The Hall–Kier alpha value is -3.26. The van der Waals surface area contributed by atoms with Crippen LogP contribution in [0.15, 0.2) is 48.5 Å². The first-order valence-corrected chi connectivity index (χ1v) is 13.7. The highest BCUT2D eigenvalue weighted by molar-refractivity contribution is 8.00. The van der Waals surface area contributed by atoms with Crippen molar-refractivity contribution in [3.63, 3.8) is 0 Å². The van der Waals surface area contributed by atoms with Gasteiger partial charge in [0.05, 0.1) is 29.5 Å². The summed E-state index contributed by atoms with van der Waals surface area (Å²) in [6.07, 6.45) is 0.828. The zero-order valence-electron chi connectivity index (χ0n) is 22.5. The SMILES string of the molecule is CCCNC(=O)CN1C(=O)CS[C@H](c2cccc(C)c2)c2c(C(C)(C)C)nn(-c3ccc(OC)cc3)c21. The maximum Gasteiger partial charge on any atom is 0.240 e. The molecule has 8 heteroatoms. The number of anilines is 1. The molecular formula is C29H36N4O3S. The summed E-state index contributed by atoms with van der Waals surface area (Å²) in [4.78, 5) is 28.2. The molecule has 1 aromatic heterocycles. The number of aryl methyl sites for hydroxylation is 1. The minimum absolute atomic E-state index is 0.0572. The quantitative estimate of drug-likeness (QED) is 0.464. The van der Waals surface area contributed by atoms with Crippen molar-refractivity contribution in [3.8, 4) is 11.4 Å². The number of hydrogen-bond acceptors (Lipinski definition) is 5. The molecule has 196 valence electrons. The Morgan fingerprint density at radius 2 is 1.92 bits per heavy atom. The summed E-state index contributed by atoms with van der Waals surface area (Å²) in [5, 5.41) is 7.94. The second-order valence-corrected chi connectivity index (χ2v) is 11.5. The highest BCUT2D eigenvalue weighted by atomic mass is 32.2. The second kappa shape index (κ2) is 11.0.